The molecule has 4 aromatic carbocycles. The molecule has 0 aliphatic carbocycles. The summed E-state index contributed by atoms with van der Waals surface area (Å²) in [6.45, 7) is 10.1. The lowest BCUT2D eigenvalue weighted by atomic mass is 9.88. The van der Waals surface area contributed by atoms with E-state index in [1.807, 2.05) is 86.6 Å². The summed E-state index contributed by atoms with van der Waals surface area (Å²) in [4.78, 5) is 46.4. The quantitative estimate of drug-likeness (QED) is 0.143. The van der Waals surface area contributed by atoms with Crippen molar-refractivity contribution in [1.82, 2.24) is 15.2 Å². The number of carbonyl (C=O) groups excluding carboxylic acids is 2. The van der Waals surface area contributed by atoms with Gasteiger partial charge in [0.25, 0.3) is 0 Å². The lowest BCUT2D eigenvalue weighted by Crippen LogP contribution is -2.57. The summed E-state index contributed by atoms with van der Waals surface area (Å²) < 4.78 is 18.6. The Morgan fingerprint density at radius 2 is 1.62 bits per heavy atom. The van der Waals surface area contributed by atoms with E-state index in [1.165, 1.54) is 0 Å². The summed E-state index contributed by atoms with van der Waals surface area (Å²) in [5.74, 6) is -0.171. The number of aromatic nitrogens is 1. The maximum absolute atomic E-state index is 14.1. The van der Waals surface area contributed by atoms with Crippen molar-refractivity contribution in [1.29, 1.82) is 0 Å². The summed E-state index contributed by atoms with van der Waals surface area (Å²) in [5.41, 5.74) is 7.45. The molecular weight excluding hydrogens is 777 g/mol. The molecule has 300 valence electrons. The van der Waals surface area contributed by atoms with E-state index in [1.54, 1.807) is 44.0 Å². The molecule has 2 aliphatic rings. The largest absolute Gasteiger partial charge is 0.489 e. The fourth-order valence-electron chi connectivity index (χ4n) is 7.25. The molecule has 0 bridgehead atoms. The van der Waals surface area contributed by atoms with Crippen molar-refractivity contribution in [2.45, 2.75) is 78.8 Å². The number of nitrogens with zero attached hydrogens (tertiary/aromatic N) is 2. The van der Waals surface area contributed by atoms with Gasteiger partial charge in [-0.25, -0.2) is 4.79 Å². The van der Waals surface area contributed by atoms with Crippen molar-refractivity contribution in [3.05, 3.63) is 140 Å². The second-order valence-electron chi connectivity index (χ2n) is 15.9. The highest BCUT2D eigenvalue weighted by atomic mass is 35.5. The van der Waals surface area contributed by atoms with Gasteiger partial charge in [-0.05, 0) is 101 Å². The number of ether oxygens (including phenoxy) is 3. The van der Waals surface area contributed by atoms with Crippen LogP contribution >= 0.6 is 23.2 Å². The van der Waals surface area contributed by atoms with Gasteiger partial charge in [-0.2, -0.15) is 0 Å². The average molecular weight is 823 g/mol. The normalized spacial score (nSPS) is 16.6. The number of halogens is 2. The predicted octanol–water partition coefficient (Wildman–Crippen LogP) is 8.88. The SMILES string of the molecule is Cc1nccc(-c2ccc(C[C@H](NC(=O)[C@@H]3Cc4cc5c(cc4CN3C(=O)C(C)(C)C)O[C@@H](c3ccc(OCc4ccc(Cl)c(Cl)c4)cc3)CO5)C(=O)O)cc2)c1C. The number of carboxylic acids is 1. The minimum Gasteiger partial charge on any atom is -0.489 e. The Labute approximate surface area is 348 Å². The zero-order valence-electron chi connectivity index (χ0n) is 33.0. The van der Waals surface area contributed by atoms with Crippen molar-refractivity contribution < 1.29 is 33.7 Å². The number of amides is 2. The van der Waals surface area contributed by atoms with Crippen LogP contribution in [-0.4, -0.2) is 51.5 Å². The third-order valence-electron chi connectivity index (χ3n) is 10.7. The molecule has 3 atom stereocenters. The van der Waals surface area contributed by atoms with E-state index in [9.17, 15) is 19.5 Å². The van der Waals surface area contributed by atoms with Gasteiger partial charge in [0.1, 0.15) is 31.0 Å². The van der Waals surface area contributed by atoms with E-state index in [0.717, 1.165) is 50.2 Å². The van der Waals surface area contributed by atoms with Crippen LogP contribution in [0, 0.1) is 19.3 Å². The minimum absolute atomic E-state index is 0.0700. The molecule has 3 heterocycles. The smallest absolute Gasteiger partial charge is 0.326 e. The summed E-state index contributed by atoms with van der Waals surface area (Å²) in [7, 11) is 0. The second kappa shape index (κ2) is 16.7. The lowest BCUT2D eigenvalue weighted by molar-refractivity contribution is -0.149. The van der Waals surface area contributed by atoms with Gasteiger partial charge in [-0.1, -0.05) is 86.4 Å². The number of rotatable bonds is 10. The number of nitrogens with one attached hydrogen (secondary N) is 1. The zero-order valence-corrected chi connectivity index (χ0v) is 34.5. The number of carbonyl (C=O) groups is 3. The van der Waals surface area contributed by atoms with Crippen molar-refractivity contribution in [2.24, 2.45) is 5.41 Å². The van der Waals surface area contributed by atoms with Crippen LogP contribution in [-0.2, 0) is 40.4 Å². The van der Waals surface area contributed by atoms with Crippen LogP contribution in [0.5, 0.6) is 17.2 Å². The van der Waals surface area contributed by atoms with Gasteiger partial charge in [-0.15, -0.1) is 0 Å². The number of hydrogen-bond acceptors (Lipinski definition) is 7. The Morgan fingerprint density at radius 3 is 2.31 bits per heavy atom. The minimum atomic E-state index is -1.21. The molecule has 0 radical (unpaired) electrons. The monoisotopic (exact) mass is 821 g/mol. The molecule has 58 heavy (non-hydrogen) atoms. The van der Waals surface area contributed by atoms with Gasteiger partial charge in [0.2, 0.25) is 11.8 Å². The molecule has 10 nitrogen and oxygen atoms in total. The zero-order chi connectivity index (χ0) is 41.3. The van der Waals surface area contributed by atoms with E-state index >= 15 is 0 Å². The molecule has 0 saturated carbocycles. The first-order chi connectivity index (χ1) is 27.6. The number of aliphatic carboxylic acids is 1. The molecule has 5 aromatic rings. The summed E-state index contributed by atoms with van der Waals surface area (Å²) >= 11 is 12.2. The first-order valence-electron chi connectivity index (χ1n) is 19.1. The number of aryl methyl sites for hydroxylation is 1. The Hall–Kier alpha value is -5.58. The number of hydrogen-bond donors (Lipinski definition) is 2. The van der Waals surface area contributed by atoms with E-state index < -0.39 is 35.5 Å². The van der Waals surface area contributed by atoms with Crippen molar-refractivity contribution in [2.75, 3.05) is 6.61 Å². The number of fused-ring (bicyclic) bond motifs is 2. The van der Waals surface area contributed by atoms with Gasteiger partial charge in [0, 0.05) is 36.7 Å². The molecular formula is C46H45Cl2N3O7. The number of carboxylic acid groups (broad SMARTS) is 1. The summed E-state index contributed by atoms with van der Waals surface area (Å²) in [6.07, 6.45) is 1.63. The molecule has 2 aliphatic heterocycles. The standard InChI is InChI=1S/C46H45Cl2N3O7/c1-26-27(2)49-17-16-35(26)30-9-6-28(7-10-30)19-38(44(53)54)50-43(52)39-20-32-21-40-41(22-33(32)23-51(39)45(55)46(3,4)5)58-42(25-57-40)31-11-13-34(14-12-31)56-24-29-8-15-36(47)37(48)18-29/h6-18,21-22,38-39,42H,19-20,23-25H2,1-5H3,(H,50,52)(H,53,54)/t38-,39-,42+/m0/s1. The number of benzene rings is 4. The highest BCUT2D eigenvalue weighted by molar-refractivity contribution is 6.42. The Bertz CT molecular complexity index is 2360. The maximum atomic E-state index is 14.1. The molecule has 0 spiro atoms. The Kier molecular flexibility index (Phi) is 11.7. The molecule has 0 saturated heterocycles. The fraction of sp³-hybridized carbons (Fsp3) is 0.304. The molecule has 2 amide bonds. The third-order valence-corrected chi connectivity index (χ3v) is 11.4. The van der Waals surface area contributed by atoms with Gasteiger partial charge in [0.05, 0.1) is 10.0 Å². The highest BCUT2D eigenvalue weighted by Gasteiger charge is 2.41. The number of pyridine rings is 1. The first-order valence-corrected chi connectivity index (χ1v) is 19.9. The molecule has 7 rings (SSSR count). The van der Waals surface area contributed by atoms with E-state index in [4.69, 9.17) is 37.4 Å². The van der Waals surface area contributed by atoms with Crippen LogP contribution in [0.4, 0.5) is 0 Å². The predicted molar refractivity (Wildman–Crippen MR) is 222 cm³/mol. The topological polar surface area (TPSA) is 127 Å². The van der Waals surface area contributed by atoms with E-state index in [0.29, 0.717) is 33.9 Å². The maximum Gasteiger partial charge on any atom is 0.326 e. The Morgan fingerprint density at radius 1 is 0.914 bits per heavy atom. The van der Waals surface area contributed by atoms with Crippen molar-refractivity contribution in [3.63, 3.8) is 0 Å². The van der Waals surface area contributed by atoms with Gasteiger partial charge in [-0.3, -0.25) is 14.6 Å². The highest BCUT2D eigenvalue weighted by Crippen LogP contribution is 2.41. The van der Waals surface area contributed by atoms with Crippen LogP contribution in [0.3, 0.4) is 0 Å². The first kappa shape index (κ1) is 40.6. The van der Waals surface area contributed by atoms with Crippen molar-refractivity contribution >= 4 is 41.0 Å². The van der Waals surface area contributed by atoms with Crippen molar-refractivity contribution in [3.8, 4) is 28.4 Å². The summed E-state index contributed by atoms with van der Waals surface area (Å²) in [5, 5.41) is 13.9. The van der Waals surface area contributed by atoms with Crippen LogP contribution in [0.15, 0.2) is 91.1 Å². The Balaban J connectivity index is 1.05. The van der Waals surface area contributed by atoms with Gasteiger partial charge in [0.15, 0.2) is 17.6 Å². The van der Waals surface area contributed by atoms with Gasteiger partial charge < -0.3 is 29.5 Å². The molecule has 0 unspecified atom stereocenters. The van der Waals surface area contributed by atoms with Crippen LogP contribution < -0.4 is 19.5 Å². The molecule has 2 N–H and O–H groups in total. The van der Waals surface area contributed by atoms with Crippen LogP contribution in [0.1, 0.15) is 65.9 Å². The van der Waals surface area contributed by atoms with Gasteiger partial charge >= 0.3 is 5.97 Å². The van der Waals surface area contributed by atoms with Crippen LogP contribution in [0.25, 0.3) is 11.1 Å². The van der Waals surface area contributed by atoms with E-state index in [-0.39, 0.29) is 31.9 Å². The molecule has 1 aromatic heterocycles. The van der Waals surface area contributed by atoms with E-state index in [2.05, 4.69) is 10.3 Å². The third kappa shape index (κ3) is 8.93. The molecule has 12 heteroatoms. The van der Waals surface area contributed by atoms with Crippen LogP contribution in [0.2, 0.25) is 10.0 Å². The molecule has 0 fully saturated rings. The lowest BCUT2D eigenvalue weighted by Gasteiger charge is -2.40. The summed E-state index contributed by atoms with van der Waals surface area (Å²) in [6, 6.07) is 24.2. The average Bonchev–Trinajstić information content (AvgIpc) is 3.20. The second-order valence-corrected chi connectivity index (χ2v) is 16.7. The fourth-order valence-corrected chi connectivity index (χ4v) is 7.57.